The molecule has 7 heteroatoms. The zero-order valence-corrected chi connectivity index (χ0v) is 15.2. The van der Waals surface area contributed by atoms with Gasteiger partial charge in [0.05, 0.1) is 11.0 Å². The van der Waals surface area contributed by atoms with Gasteiger partial charge in [0, 0.05) is 25.6 Å². The standard InChI is InChI=1S/C20H22N4O3/c1-12(25)19-23-17-8-7-16(11-18(17)24-19)14-3-5-15(6-4-14)20(27)22-10-9-21-13(2)26/h3-8,11-12,25H,9-10H2,1-2H3,(H,21,26)(H,22,27)(H,23,24)/t12-/m0/s1. The maximum absolute atomic E-state index is 12.1. The van der Waals surface area contributed by atoms with Crippen LogP contribution in [-0.2, 0) is 4.79 Å². The number of imidazole rings is 1. The molecule has 4 N–H and O–H groups in total. The van der Waals surface area contributed by atoms with Gasteiger partial charge in [-0.25, -0.2) is 4.98 Å². The van der Waals surface area contributed by atoms with E-state index < -0.39 is 6.10 Å². The summed E-state index contributed by atoms with van der Waals surface area (Å²) in [6, 6.07) is 13.1. The smallest absolute Gasteiger partial charge is 0.251 e. The van der Waals surface area contributed by atoms with E-state index in [0.29, 0.717) is 24.5 Å². The highest BCUT2D eigenvalue weighted by molar-refractivity contribution is 5.94. The lowest BCUT2D eigenvalue weighted by atomic mass is 10.0. The maximum Gasteiger partial charge on any atom is 0.251 e. The Morgan fingerprint density at radius 2 is 1.74 bits per heavy atom. The summed E-state index contributed by atoms with van der Waals surface area (Å²) in [5.74, 6) is 0.231. The molecule has 0 radical (unpaired) electrons. The molecule has 2 aromatic carbocycles. The normalized spacial score (nSPS) is 12.0. The van der Waals surface area contributed by atoms with Gasteiger partial charge in [-0.3, -0.25) is 9.59 Å². The van der Waals surface area contributed by atoms with Gasteiger partial charge in [-0.05, 0) is 42.3 Å². The number of aliphatic hydroxyl groups is 1. The minimum Gasteiger partial charge on any atom is -0.385 e. The monoisotopic (exact) mass is 366 g/mol. The van der Waals surface area contributed by atoms with Crippen LogP contribution in [0.15, 0.2) is 42.5 Å². The Bertz CT molecular complexity index is 961. The van der Waals surface area contributed by atoms with Crippen molar-refractivity contribution in [2.45, 2.75) is 20.0 Å². The molecule has 0 aliphatic carbocycles. The average Bonchev–Trinajstić information content (AvgIpc) is 3.08. The third kappa shape index (κ3) is 4.51. The number of carbonyl (C=O) groups excluding carboxylic acids is 2. The number of nitrogens with zero attached hydrogens (tertiary/aromatic N) is 1. The number of aliphatic hydroxyl groups excluding tert-OH is 1. The lowest BCUT2D eigenvalue weighted by Crippen LogP contribution is -2.33. The number of carbonyl (C=O) groups is 2. The van der Waals surface area contributed by atoms with Crippen molar-refractivity contribution in [1.29, 1.82) is 0 Å². The molecule has 0 aliphatic heterocycles. The van der Waals surface area contributed by atoms with Gasteiger partial charge < -0.3 is 20.7 Å². The van der Waals surface area contributed by atoms with Gasteiger partial charge in [-0.15, -0.1) is 0 Å². The molecular formula is C20H22N4O3. The van der Waals surface area contributed by atoms with Crippen LogP contribution in [0.25, 0.3) is 22.2 Å². The summed E-state index contributed by atoms with van der Waals surface area (Å²) in [5.41, 5.74) is 4.16. The SMILES string of the molecule is CC(=O)NCCNC(=O)c1ccc(-c2ccc3nc([C@H](C)O)[nH]c3c2)cc1. The number of hydrogen-bond donors (Lipinski definition) is 4. The minimum atomic E-state index is -0.649. The first kappa shape index (κ1) is 18.6. The first-order valence-electron chi connectivity index (χ1n) is 8.75. The molecule has 7 nitrogen and oxygen atoms in total. The third-order valence-electron chi connectivity index (χ3n) is 4.16. The van der Waals surface area contributed by atoms with Gasteiger partial charge in [0.25, 0.3) is 5.91 Å². The van der Waals surface area contributed by atoms with Crippen LogP contribution in [0.4, 0.5) is 0 Å². The lowest BCUT2D eigenvalue weighted by Gasteiger charge is -2.07. The molecule has 3 rings (SSSR count). The number of fused-ring (bicyclic) bond motifs is 1. The fraction of sp³-hybridized carbons (Fsp3) is 0.250. The summed E-state index contributed by atoms with van der Waals surface area (Å²) in [7, 11) is 0. The Hall–Kier alpha value is -3.19. The molecule has 0 aliphatic rings. The van der Waals surface area contributed by atoms with Crippen molar-refractivity contribution < 1.29 is 14.7 Å². The van der Waals surface area contributed by atoms with Crippen molar-refractivity contribution >= 4 is 22.8 Å². The highest BCUT2D eigenvalue weighted by Crippen LogP contribution is 2.25. The summed E-state index contributed by atoms with van der Waals surface area (Å²) in [6.45, 7) is 3.88. The molecule has 0 saturated carbocycles. The van der Waals surface area contributed by atoms with Crippen LogP contribution in [0.5, 0.6) is 0 Å². The summed E-state index contributed by atoms with van der Waals surface area (Å²) in [5, 5.41) is 15.0. The number of aromatic amines is 1. The average molecular weight is 366 g/mol. The molecule has 0 unspecified atom stereocenters. The van der Waals surface area contributed by atoms with E-state index in [0.717, 1.165) is 22.2 Å². The second-order valence-corrected chi connectivity index (χ2v) is 6.35. The van der Waals surface area contributed by atoms with Gasteiger partial charge >= 0.3 is 0 Å². The minimum absolute atomic E-state index is 0.122. The number of amides is 2. The molecule has 140 valence electrons. The molecule has 0 fully saturated rings. The van der Waals surface area contributed by atoms with E-state index in [1.54, 1.807) is 19.1 Å². The second kappa shape index (κ2) is 8.01. The van der Waals surface area contributed by atoms with E-state index in [1.807, 2.05) is 30.3 Å². The van der Waals surface area contributed by atoms with Crippen LogP contribution >= 0.6 is 0 Å². The summed E-state index contributed by atoms with van der Waals surface area (Å²) < 4.78 is 0. The van der Waals surface area contributed by atoms with E-state index in [4.69, 9.17) is 0 Å². The number of H-pyrrole nitrogens is 1. The van der Waals surface area contributed by atoms with Crippen molar-refractivity contribution in [2.24, 2.45) is 0 Å². The first-order chi connectivity index (χ1) is 12.9. The van der Waals surface area contributed by atoms with Crippen molar-refractivity contribution in [1.82, 2.24) is 20.6 Å². The summed E-state index contributed by atoms with van der Waals surface area (Å²) >= 11 is 0. The predicted octanol–water partition coefficient (Wildman–Crippen LogP) is 2.15. The van der Waals surface area contributed by atoms with Crippen LogP contribution in [0.1, 0.15) is 36.1 Å². The largest absolute Gasteiger partial charge is 0.385 e. The van der Waals surface area contributed by atoms with Crippen LogP contribution in [0, 0.1) is 0 Å². The van der Waals surface area contributed by atoms with Crippen LogP contribution < -0.4 is 10.6 Å². The highest BCUT2D eigenvalue weighted by atomic mass is 16.3. The zero-order chi connectivity index (χ0) is 19.4. The van der Waals surface area contributed by atoms with E-state index in [2.05, 4.69) is 20.6 Å². The Balaban J connectivity index is 1.70. The first-order valence-corrected chi connectivity index (χ1v) is 8.75. The van der Waals surface area contributed by atoms with Crippen molar-refractivity contribution in [3.05, 3.63) is 53.9 Å². The molecule has 2 amide bonds. The number of hydrogen-bond acceptors (Lipinski definition) is 4. The molecule has 0 saturated heterocycles. The Kier molecular flexibility index (Phi) is 5.52. The number of rotatable bonds is 6. The summed E-state index contributed by atoms with van der Waals surface area (Å²) in [6.07, 6.45) is -0.649. The molecule has 0 spiro atoms. The van der Waals surface area contributed by atoms with Gasteiger partial charge in [-0.2, -0.15) is 0 Å². The van der Waals surface area contributed by atoms with E-state index in [1.165, 1.54) is 6.92 Å². The number of benzene rings is 2. The molecule has 1 heterocycles. The second-order valence-electron chi connectivity index (χ2n) is 6.35. The van der Waals surface area contributed by atoms with Crippen molar-refractivity contribution in [2.75, 3.05) is 13.1 Å². The molecular weight excluding hydrogens is 344 g/mol. The topological polar surface area (TPSA) is 107 Å². The van der Waals surface area contributed by atoms with Gasteiger partial charge in [0.2, 0.25) is 5.91 Å². The fourth-order valence-corrected chi connectivity index (χ4v) is 2.74. The molecule has 1 aromatic heterocycles. The number of aromatic nitrogens is 2. The maximum atomic E-state index is 12.1. The van der Waals surface area contributed by atoms with Gasteiger partial charge in [-0.1, -0.05) is 18.2 Å². The van der Waals surface area contributed by atoms with E-state index in [9.17, 15) is 14.7 Å². The molecule has 0 bridgehead atoms. The molecule has 3 aromatic rings. The Morgan fingerprint density at radius 3 is 2.41 bits per heavy atom. The van der Waals surface area contributed by atoms with Crippen molar-refractivity contribution in [3.63, 3.8) is 0 Å². The number of nitrogens with one attached hydrogen (secondary N) is 3. The third-order valence-corrected chi connectivity index (χ3v) is 4.16. The quantitative estimate of drug-likeness (QED) is 0.501. The Morgan fingerprint density at radius 1 is 1.07 bits per heavy atom. The van der Waals surface area contributed by atoms with Crippen molar-refractivity contribution in [3.8, 4) is 11.1 Å². The van der Waals surface area contributed by atoms with Gasteiger partial charge in [0.15, 0.2) is 0 Å². The van der Waals surface area contributed by atoms with Gasteiger partial charge in [0.1, 0.15) is 11.9 Å². The van der Waals surface area contributed by atoms with Crippen LogP contribution in [0.3, 0.4) is 0 Å². The summed E-state index contributed by atoms with van der Waals surface area (Å²) in [4.78, 5) is 30.4. The highest BCUT2D eigenvalue weighted by Gasteiger charge is 2.09. The fourth-order valence-electron chi connectivity index (χ4n) is 2.74. The Labute approximate surface area is 156 Å². The van der Waals surface area contributed by atoms with E-state index in [-0.39, 0.29) is 11.8 Å². The lowest BCUT2D eigenvalue weighted by molar-refractivity contribution is -0.118. The van der Waals surface area contributed by atoms with Crippen LogP contribution in [-0.4, -0.2) is 40.0 Å². The predicted molar refractivity (Wildman–Crippen MR) is 103 cm³/mol. The molecule has 27 heavy (non-hydrogen) atoms. The van der Waals surface area contributed by atoms with Crippen LogP contribution in [0.2, 0.25) is 0 Å². The molecule has 1 atom stereocenters. The zero-order valence-electron chi connectivity index (χ0n) is 15.2. The van der Waals surface area contributed by atoms with E-state index >= 15 is 0 Å².